The van der Waals surface area contributed by atoms with E-state index in [2.05, 4.69) is 6.58 Å². The molecule has 1 aliphatic carbocycles. The molecule has 0 aromatic carbocycles. The van der Waals surface area contributed by atoms with Crippen LogP contribution in [0.3, 0.4) is 0 Å². The maximum atomic E-state index is 12.6. The van der Waals surface area contributed by atoms with Crippen molar-refractivity contribution in [3.63, 3.8) is 0 Å². The Balaban J connectivity index is 2.48. The third-order valence-electron chi connectivity index (χ3n) is 4.62. The second kappa shape index (κ2) is 7.12. The van der Waals surface area contributed by atoms with Gasteiger partial charge in [-0.1, -0.05) is 17.7 Å². The zero-order valence-corrected chi connectivity index (χ0v) is 14.8. The standard InChI is InChI=1S/C20H24O4/c1-11(2)14-6-7-15-10-18(24-20(15)23)19(12(3)4)17(22)8-13(5)16(21)9-14/h8,10,14,18H,1,6-7,9H2,2-5H3/b13-8+/t14?,18-/m1/s1. The van der Waals surface area contributed by atoms with Crippen molar-refractivity contribution in [3.05, 3.63) is 46.6 Å². The molecule has 128 valence electrons. The molecule has 2 bridgehead atoms. The largest absolute Gasteiger partial charge is 0.450 e. The maximum absolute atomic E-state index is 12.6. The fourth-order valence-corrected chi connectivity index (χ4v) is 3.07. The van der Waals surface area contributed by atoms with E-state index in [0.29, 0.717) is 36.0 Å². The third kappa shape index (κ3) is 3.81. The van der Waals surface area contributed by atoms with Crippen molar-refractivity contribution in [1.29, 1.82) is 0 Å². The van der Waals surface area contributed by atoms with Crippen LogP contribution in [-0.2, 0) is 19.1 Å². The molecule has 0 spiro atoms. The number of ether oxygens (including phenoxy) is 1. The van der Waals surface area contributed by atoms with Gasteiger partial charge in [0.2, 0.25) is 0 Å². The Hall–Kier alpha value is -2.23. The molecule has 0 saturated heterocycles. The zero-order chi connectivity index (χ0) is 18.0. The summed E-state index contributed by atoms with van der Waals surface area (Å²) in [7, 11) is 0. The summed E-state index contributed by atoms with van der Waals surface area (Å²) in [5, 5.41) is 0. The van der Waals surface area contributed by atoms with Crippen molar-refractivity contribution in [2.45, 2.75) is 53.1 Å². The molecule has 0 aromatic heterocycles. The molecule has 4 nitrogen and oxygen atoms in total. The van der Waals surface area contributed by atoms with Gasteiger partial charge in [0.15, 0.2) is 11.6 Å². The van der Waals surface area contributed by atoms with E-state index in [9.17, 15) is 14.4 Å². The van der Waals surface area contributed by atoms with Crippen molar-refractivity contribution in [1.82, 2.24) is 0 Å². The first-order chi connectivity index (χ1) is 11.2. The van der Waals surface area contributed by atoms with Gasteiger partial charge >= 0.3 is 5.97 Å². The number of carbonyl (C=O) groups is 3. The predicted molar refractivity (Wildman–Crippen MR) is 92.3 cm³/mol. The smallest absolute Gasteiger partial charge is 0.334 e. The van der Waals surface area contributed by atoms with Crippen molar-refractivity contribution >= 4 is 17.5 Å². The fourth-order valence-electron chi connectivity index (χ4n) is 3.07. The highest BCUT2D eigenvalue weighted by Gasteiger charge is 2.32. The molecule has 0 aromatic rings. The predicted octanol–water partition coefficient (Wildman–Crippen LogP) is 3.64. The average Bonchev–Trinajstić information content (AvgIpc) is 2.82. The van der Waals surface area contributed by atoms with Gasteiger partial charge in [0.05, 0.1) is 0 Å². The van der Waals surface area contributed by atoms with Crippen molar-refractivity contribution in [2.24, 2.45) is 5.92 Å². The minimum Gasteiger partial charge on any atom is -0.450 e. The Bertz CT molecular complexity index is 699. The number of ketones is 2. The Kier molecular flexibility index (Phi) is 5.37. The first kappa shape index (κ1) is 18.1. The number of hydrogen-bond donors (Lipinski definition) is 0. The molecular weight excluding hydrogens is 304 g/mol. The molecule has 0 saturated carbocycles. The molecule has 24 heavy (non-hydrogen) atoms. The minimum absolute atomic E-state index is 0.00828. The number of fused-ring (bicyclic) bond motifs is 1. The van der Waals surface area contributed by atoms with E-state index in [1.807, 2.05) is 6.92 Å². The van der Waals surface area contributed by atoms with E-state index in [0.717, 1.165) is 11.1 Å². The highest BCUT2D eigenvalue weighted by atomic mass is 16.5. The average molecular weight is 328 g/mol. The number of carbonyl (C=O) groups excluding carboxylic acids is 3. The van der Waals surface area contributed by atoms with Crippen LogP contribution >= 0.6 is 0 Å². The van der Waals surface area contributed by atoms with Gasteiger partial charge in [-0.15, -0.1) is 0 Å². The summed E-state index contributed by atoms with van der Waals surface area (Å²) in [4.78, 5) is 37.1. The first-order valence-corrected chi connectivity index (χ1v) is 8.21. The number of rotatable bonds is 1. The fraction of sp³-hybridized carbons (Fsp3) is 0.450. The van der Waals surface area contributed by atoms with Crippen molar-refractivity contribution in [2.75, 3.05) is 0 Å². The van der Waals surface area contributed by atoms with Crippen LogP contribution in [-0.4, -0.2) is 23.6 Å². The molecule has 0 N–H and O–H groups in total. The van der Waals surface area contributed by atoms with E-state index < -0.39 is 6.10 Å². The van der Waals surface area contributed by atoms with Gasteiger partial charge in [-0.2, -0.15) is 0 Å². The van der Waals surface area contributed by atoms with E-state index in [1.165, 1.54) is 6.08 Å². The molecule has 2 rings (SSSR count). The lowest BCUT2D eigenvalue weighted by Gasteiger charge is -2.17. The summed E-state index contributed by atoms with van der Waals surface area (Å²) in [6, 6.07) is 0. The monoisotopic (exact) mass is 328 g/mol. The van der Waals surface area contributed by atoms with Gasteiger partial charge in [-0.05, 0) is 64.2 Å². The van der Waals surface area contributed by atoms with Crippen LogP contribution in [0, 0.1) is 5.92 Å². The van der Waals surface area contributed by atoms with Gasteiger partial charge in [-0.25, -0.2) is 4.79 Å². The topological polar surface area (TPSA) is 60.4 Å². The molecule has 2 aliphatic rings. The van der Waals surface area contributed by atoms with Crippen LogP contribution in [0.5, 0.6) is 0 Å². The highest BCUT2D eigenvalue weighted by Crippen LogP contribution is 2.30. The molecular formula is C20H24O4. The van der Waals surface area contributed by atoms with Gasteiger partial charge in [-0.3, -0.25) is 9.59 Å². The van der Waals surface area contributed by atoms with Gasteiger partial charge in [0, 0.05) is 17.6 Å². The molecule has 0 radical (unpaired) electrons. The Morgan fingerprint density at radius 1 is 1.21 bits per heavy atom. The van der Waals surface area contributed by atoms with Crippen LogP contribution in [0.1, 0.15) is 47.0 Å². The van der Waals surface area contributed by atoms with Crippen LogP contribution in [0.25, 0.3) is 0 Å². The Labute approximate surface area is 143 Å². The molecule has 0 amide bonds. The molecule has 4 heteroatoms. The first-order valence-electron chi connectivity index (χ1n) is 8.21. The Morgan fingerprint density at radius 2 is 1.88 bits per heavy atom. The number of esters is 1. The van der Waals surface area contributed by atoms with Crippen molar-refractivity contribution < 1.29 is 19.1 Å². The van der Waals surface area contributed by atoms with Gasteiger partial charge < -0.3 is 4.74 Å². The quantitative estimate of drug-likeness (QED) is 0.419. The van der Waals surface area contributed by atoms with Crippen LogP contribution in [0.4, 0.5) is 0 Å². The number of hydrogen-bond acceptors (Lipinski definition) is 4. The Morgan fingerprint density at radius 3 is 2.46 bits per heavy atom. The highest BCUT2D eigenvalue weighted by molar-refractivity contribution is 6.11. The normalized spacial score (nSPS) is 27.5. The summed E-state index contributed by atoms with van der Waals surface area (Å²) in [5.74, 6) is -0.716. The van der Waals surface area contributed by atoms with E-state index >= 15 is 0 Å². The lowest BCUT2D eigenvalue weighted by atomic mass is 9.86. The lowest BCUT2D eigenvalue weighted by molar-refractivity contribution is -0.138. The summed E-state index contributed by atoms with van der Waals surface area (Å²) in [6.45, 7) is 11.1. The molecule has 1 unspecified atom stereocenters. The second-order valence-electron chi connectivity index (χ2n) is 6.83. The van der Waals surface area contributed by atoms with Crippen molar-refractivity contribution in [3.8, 4) is 0 Å². The van der Waals surface area contributed by atoms with Crippen LogP contribution < -0.4 is 0 Å². The van der Waals surface area contributed by atoms with Crippen LogP contribution in [0.15, 0.2) is 46.6 Å². The molecule has 1 aliphatic heterocycles. The minimum atomic E-state index is -0.660. The second-order valence-corrected chi connectivity index (χ2v) is 6.83. The lowest BCUT2D eigenvalue weighted by Crippen LogP contribution is -2.19. The third-order valence-corrected chi connectivity index (χ3v) is 4.62. The summed E-state index contributed by atoms with van der Waals surface area (Å²) >= 11 is 0. The number of allylic oxidation sites excluding steroid dienone is 4. The van der Waals surface area contributed by atoms with E-state index in [1.54, 1.807) is 26.8 Å². The van der Waals surface area contributed by atoms with E-state index in [-0.39, 0.29) is 23.5 Å². The summed E-state index contributed by atoms with van der Waals surface area (Å²) in [5.41, 5.74) is 3.13. The number of Topliss-reactive ketones (excluding diaryl/α,β-unsaturated/α-hetero) is 1. The summed E-state index contributed by atoms with van der Waals surface area (Å²) in [6.07, 6.45) is 3.94. The van der Waals surface area contributed by atoms with Gasteiger partial charge in [0.25, 0.3) is 0 Å². The van der Waals surface area contributed by atoms with Crippen LogP contribution in [0.2, 0.25) is 0 Å². The van der Waals surface area contributed by atoms with Gasteiger partial charge in [0.1, 0.15) is 6.10 Å². The molecule has 1 heterocycles. The van der Waals surface area contributed by atoms with E-state index in [4.69, 9.17) is 4.74 Å². The molecule has 0 fully saturated rings. The zero-order valence-electron chi connectivity index (χ0n) is 14.8. The maximum Gasteiger partial charge on any atom is 0.334 e. The molecule has 2 atom stereocenters. The SMILES string of the molecule is C=C(C)C1CCC2=C[C@@H](OC2=O)C(=C(C)C)C(=O)/C=C(\C)C(=O)C1. The summed E-state index contributed by atoms with van der Waals surface area (Å²) < 4.78 is 5.39.